The molecule has 2 aliphatic rings. The van der Waals surface area contributed by atoms with Crippen molar-refractivity contribution in [2.45, 2.75) is 45.1 Å². The molecule has 3 rings (SSSR count). The summed E-state index contributed by atoms with van der Waals surface area (Å²) in [5.74, 6) is 1.45. The van der Waals surface area contributed by atoms with E-state index in [9.17, 15) is 4.79 Å². The summed E-state index contributed by atoms with van der Waals surface area (Å²) >= 11 is 0. The van der Waals surface area contributed by atoms with Gasteiger partial charge in [0, 0.05) is 36.8 Å². The van der Waals surface area contributed by atoms with Crippen molar-refractivity contribution in [3.8, 4) is 0 Å². The zero-order valence-corrected chi connectivity index (χ0v) is 12.6. The van der Waals surface area contributed by atoms with Crippen LogP contribution in [-0.2, 0) is 4.79 Å². The minimum absolute atomic E-state index is 0.182. The number of aromatic amines is 1. The SMILES string of the molecule is Cc1cc(N2CCC(NC(=O)[C@H]3CC=CCC3)CC2)n[nH]1. The van der Waals surface area contributed by atoms with E-state index in [4.69, 9.17) is 0 Å². The highest BCUT2D eigenvalue weighted by molar-refractivity contribution is 5.79. The molecule has 0 spiro atoms. The number of allylic oxidation sites excluding steroid dienone is 2. The third-order valence-electron chi connectivity index (χ3n) is 4.50. The molecule has 1 aliphatic carbocycles. The summed E-state index contributed by atoms with van der Waals surface area (Å²) < 4.78 is 0. The zero-order valence-electron chi connectivity index (χ0n) is 12.6. The fraction of sp³-hybridized carbons (Fsp3) is 0.625. The Morgan fingerprint density at radius 1 is 1.33 bits per heavy atom. The Bertz CT molecular complexity index is 514. The summed E-state index contributed by atoms with van der Waals surface area (Å²) in [4.78, 5) is 14.5. The van der Waals surface area contributed by atoms with Crippen molar-refractivity contribution >= 4 is 11.7 Å². The van der Waals surface area contributed by atoms with Gasteiger partial charge in [-0.15, -0.1) is 0 Å². The summed E-state index contributed by atoms with van der Waals surface area (Å²) in [5.41, 5.74) is 1.09. The third kappa shape index (κ3) is 3.46. The molecular formula is C16H24N4O. The Morgan fingerprint density at radius 2 is 2.14 bits per heavy atom. The molecular weight excluding hydrogens is 264 g/mol. The van der Waals surface area contributed by atoms with Crippen LogP contribution < -0.4 is 10.2 Å². The summed E-state index contributed by atoms with van der Waals surface area (Å²) in [6.07, 6.45) is 9.24. The average Bonchev–Trinajstić information content (AvgIpc) is 2.95. The van der Waals surface area contributed by atoms with E-state index in [0.29, 0.717) is 6.04 Å². The number of piperidine rings is 1. The van der Waals surface area contributed by atoms with Gasteiger partial charge in [0.2, 0.25) is 5.91 Å². The van der Waals surface area contributed by atoms with Gasteiger partial charge in [-0.25, -0.2) is 0 Å². The number of aromatic nitrogens is 2. The van der Waals surface area contributed by atoms with Crippen molar-refractivity contribution in [2.75, 3.05) is 18.0 Å². The largest absolute Gasteiger partial charge is 0.355 e. The Hall–Kier alpha value is -1.78. The van der Waals surface area contributed by atoms with Crippen LogP contribution in [0.2, 0.25) is 0 Å². The van der Waals surface area contributed by atoms with Gasteiger partial charge in [0.1, 0.15) is 0 Å². The highest BCUT2D eigenvalue weighted by Crippen LogP contribution is 2.21. The first kappa shape index (κ1) is 14.2. The van der Waals surface area contributed by atoms with Gasteiger partial charge >= 0.3 is 0 Å². The molecule has 2 heterocycles. The van der Waals surface area contributed by atoms with E-state index in [1.165, 1.54) is 0 Å². The van der Waals surface area contributed by atoms with E-state index >= 15 is 0 Å². The van der Waals surface area contributed by atoms with Crippen molar-refractivity contribution in [3.05, 3.63) is 23.9 Å². The van der Waals surface area contributed by atoms with Crippen LogP contribution in [0.1, 0.15) is 37.8 Å². The van der Waals surface area contributed by atoms with Crippen LogP contribution in [0.15, 0.2) is 18.2 Å². The van der Waals surface area contributed by atoms with E-state index in [2.05, 4.69) is 38.6 Å². The van der Waals surface area contributed by atoms with Crippen LogP contribution in [-0.4, -0.2) is 35.2 Å². The predicted octanol–water partition coefficient (Wildman–Crippen LogP) is 2.16. The Labute approximate surface area is 125 Å². The number of nitrogens with one attached hydrogen (secondary N) is 2. The predicted molar refractivity (Wildman–Crippen MR) is 83.2 cm³/mol. The molecule has 2 N–H and O–H groups in total. The Balaban J connectivity index is 1.47. The number of nitrogens with zero attached hydrogens (tertiary/aromatic N) is 2. The van der Waals surface area contributed by atoms with E-state index in [1.807, 2.05) is 6.92 Å². The molecule has 0 aromatic carbocycles. The van der Waals surface area contributed by atoms with Crippen molar-refractivity contribution in [3.63, 3.8) is 0 Å². The second kappa shape index (κ2) is 6.33. The second-order valence-electron chi connectivity index (χ2n) is 6.16. The molecule has 5 nitrogen and oxygen atoms in total. The molecule has 0 bridgehead atoms. The molecule has 1 aromatic heterocycles. The average molecular weight is 288 g/mol. The topological polar surface area (TPSA) is 61.0 Å². The molecule has 1 aliphatic heterocycles. The van der Waals surface area contributed by atoms with Crippen molar-refractivity contribution < 1.29 is 4.79 Å². The number of rotatable bonds is 3. The fourth-order valence-corrected chi connectivity index (χ4v) is 3.17. The molecule has 0 unspecified atom stereocenters. The van der Waals surface area contributed by atoms with Gasteiger partial charge in [-0.2, -0.15) is 5.10 Å². The minimum Gasteiger partial charge on any atom is -0.355 e. The van der Waals surface area contributed by atoms with Crippen LogP contribution in [0.3, 0.4) is 0 Å². The fourth-order valence-electron chi connectivity index (χ4n) is 3.17. The van der Waals surface area contributed by atoms with Gasteiger partial charge in [-0.3, -0.25) is 9.89 Å². The van der Waals surface area contributed by atoms with E-state index < -0.39 is 0 Å². The summed E-state index contributed by atoms with van der Waals surface area (Å²) in [6.45, 7) is 3.93. The lowest BCUT2D eigenvalue weighted by atomic mass is 9.93. The summed E-state index contributed by atoms with van der Waals surface area (Å²) in [6, 6.07) is 2.40. The number of aryl methyl sites for hydroxylation is 1. The molecule has 0 saturated carbocycles. The lowest BCUT2D eigenvalue weighted by Crippen LogP contribution is -2.46. The number of anilines is 1. The number of H-pyrrole nitrogens is 1. The van der Waals surface area contributed by atoms with Gasteiger partial charge in [0.15, 0.2) is 5.82 Å². The first-order chi connectivity index (χ1) is 10.2. The van der Waals surface area contributed by atoms with Crippen molar-refractivity contribution in [1.82, 2.24) is 15.5 Å². The monoisotopic (exact) mass is 288 g/mol. The van der Waals surface area contributed by atoms with E-state index in [-0.39, 0.29) is 11.8 Å². The number of hydrogen-bond donors (Lipinski definition) is 2. The van der Waals surface area contributed by atoms with Crippen LogP contribution in [0.5, 0.6) is 0 Å². The summed E-state index contributed by atoms with van der Waals surface area (Å²) in [7, 11) is 0. The highest BCUT2D eigenvalue weighted by Gasteiger charge is 2.25. The standard InChI is InChI=1S/C16H24N4O/c1-12-11-15(19-18-12)20-9-7-14(8-10-20)17-16(21)13-5-3-2-4-6-13/h2-3,11,13-14H,4-10H2,1H3,(H,17,21)(H,18,19)/t13-/m0/s1. The van der Waals surface area contributed by atoms with Gasteiger partial charge in [0.05, 0.1) is 0 Å². The normalized spacial score (nSPS) is 23.3. The van der Waals surface area contributed by atoms with Crippen molar-refractivity contribution in [1.29, 1.82) is 0 Å². The zero-order chi connectivity index (χ0) is 14.7. The highest BCUT2D eigenvalue weighted by atomic mass is 16.1. The quantitative estimate of drug-likeness (QED) is 0.838. The van der Waals surface area contributed by atoms with Crippen LogP contribution in [0.25, 0.3) is 0 Å². The number of carbonyl (C=O) groups is 1. The molecule has 0 radical (unpaired) electrons. The number of carbonyl (C=O) groups excluding carboxylic acids is 1. The summed E-state index contributed by atoms with van der Waals surface area (Å²) in [5, 5.41) is 10.5. The lowest BCUT2D eigenvalue weighted by molar-refractivity contribution is -0.126. The molecule has 1 amide bonds. The third-order valence-corrected chi connectivity index (χ3v) is 4.50. The Morgan fingerprint density at radius 3 is 2.76 bits per heavy atom. The van der Waals surface area contributed by atoms with Crippen LogP contribution >= 0.6 is 0 Å². The van der Waals surface area contributed by atoms with Crippen LogP contribution in [0.4, 0.5) is 5.82 Å². The van der Waals surface area contributed by atoms with Crippen molar-refractivity contribution in [2.24, 2.45) is 5.92 Å². The van der Waals surface area contributed by atoms with Gasteiger partial charge in [-0.1, -0.05) is 12.2 Å². The molecule has 114 valence electrons. The molecule has 1 fully saturated rings. The smallest absolute Gasteiger partial charge is 0.223 e. The maximum absolute atomic E-state index is 12.2. The molecule has 1 atom stereocenters. The lowest BCUT2D eigenvalue weighted by Gasteiger charge is -2.33. The maximum atomic E-state index is 12.2. The minimum atomic E-state index is 0.182. The molecule has 1 saturated heterocycles. The molecule has 1 aromatic rings. The van der Waals surface area contributed by atoms with E-state index in [0.717, 1.165) is 56.7 Å². The first-order valence-electron chi connectivity index (χ1n) is 7.94. The number of amides is 1. The van der Waals surface area contributed by atoms with E-state index in [1.54, 1.807) is 0 Å². The maximum Gasteiger partial charge on any atom is 0.223 e. The second-order valence-corrected chi connectivity index (χ2v) is 6.16. The first-order valence-corrected chi connectivity index (χ1v) is 7.94. The Kier molecular flexibility index (Phi) is 4.27. The van der Waals surface area contributed by atoms with Gasteiger partial charge in [0.25, 0.3) is 0 Å². The van der Waals surface area contributed by atoms with Gasteiger partial charge < -0.3 is 10.2 Å². The number of hydrogen-bond acceptors (Lipinski definition) is 3. The molecule has 5 heteroatoms. The molecule has 21 heavy (non-hydrogen) atoms. The van der Waals surface area contributed by atoms with Crippen LogP contribution in [0, 0.1) is 12.8 Å². The van der Waals surface area contributed by atoms with Gasteiger partial charge in [-0.05, 0) is 39.0 Å².